The molecule has 25 heavy (non-hydrogen) atoms. The molecule has 0 radical (unpaired) electrons. The molecule has 0 aromatic heterocycles. The van der Waals surface area contributed by atoms with Crippen LogP contribution in [0.3, 0.4) is 0 Å². The van der Waals surface area contributed by atoms with Gasteiger partial charge in [0, 0.05) is 19.0 Å². The van der Waals surface area contributed by atoms with Gasteiger partial charge in [0.05, 0.1) is 11.0 Å². The lowest BCUT2D eigenvalue weighted by Crippen LogP contribution is -2.59. The van der Waals surface area contributed by atoms with Crippen molar-refractivity contribution in [3.05, 3.63) is 29.8 Å². The number of likely N-dealkylation sites (tertiary alicyclic amines) is 1. The van der Waals surface area contributed by atoms with Crippen molar-refractivity contribution in [2.75, 3.05) is 19.8 Å². The SMILES string of the molecule is Cc1ccc(S(=O)(=O)N2CO[C@@H](C)[C@H](C)[C@H]2C(=O)N2CCCC2)cc1. The zero-order valence-electron chi connectivity index (χ0n) is 15.0. The van der Waals surface area contributed by atoms with Crippen molar-refractivity contribution in [2.45, 2.75) is 50.7 Å². The normalized spacial score (nSPS) is 28.3. The van der Waals surface area contributed by atoms with E-state index < -0.39 is 16.1 Å². The molecule has 3 atom stereocenters. The fourth-order valence-electron chi connectivity index (χ4n) is 3.48. The Hall–Kier alpha value is -1.44. The Morgan fingerprint density at radius 2 is 1.72 bits per heavy atom. The highest BCUT2D eigenvalue weighted by atomic mass is 32.2. The van der Waals surface area contributed by atoms with Gasteiger partial charge in [0.2, 0.25) is 15.9 Å². The Balaban J connectivity index is 1.96. The van der Waals surface area contributed by atoms with E-state index in [4.69, 9.17) is 4.74 Å². The van der Waals surface area contributed by atoms with E-state index in [1.807, 2.05) is 20.8 Å². The summed E-state index contributed by atoms with van der Waals surface area (Å²) in [5, 5.41) is 0. The fraction of sp³-hybridized carbons (Fsp3) is 0.611. The second kappa shape index (κ2) is 7.05. The van der Waals surface area contributed by atoms with Crippen LogP contribution in [0.2, 0.25) is 0 Å². The van der Waals surface area contributed by atoms with Gasteiger partial charge in [0.1, 0.15) is 12.8 Å². The predicted molar refractivity (Wildman–Crippen MR) is 94.4 cm³/mol. The Kier molecular flexibility index (Phi) is 5.18. The second-order valence-electron chi connectivity index (χ2n) is 7.04. The summed E-state index contributed by atoms with van der Waals surface area (Å²) in [6, 6.07) is 5.99. The average molecular weight is 366 g/mol. The third-order valence-electron chi connectivity index (χ3n) is 5.31. The lowest BCUT2D eigenvalue weighted by Gasteiger charge is -2.42. The summed E-state index contributed by atoms with van der Waals surface area (Å²) in [4.78, 5) is 15.0. The quantitative estimate of drug-likeness (QED) is 0.820. The van der Waals surface area contributed by atoms with Gasteiger partial charge < -0.3 is 9.64 Å². The largest absolute Gasteiger partial charge is 0.362 e. The van der Waals surface area contributed by atoms with E-state index in [-0.39, 0.29) is 29.6 Å². The van der Waals surface area contributed by atoms with Crippen LogP contribution in [0.25, 0.3) is 0 Å². The van der Waals surface area contributed by atoms with Crippen molar-refractivity contribution in [2.24, 2.45) is 5.92 Å². The van der Waals surface area contributed by atoms with Crippen LogP contribution in [0.15, 0.2) is 29.2 Å². The summed E-state index contributed by atoms with van der Waals surface area (Å²) in [6.07, 6.45) is 1.79. The predicted octanol–water partition coefficient (Wildman–Crippen LogP) is 1.99. The molecule has 2 aliphatic rings. The third kappa shape index (κ3) is 3.45. The van der Waals surface area contributed by atoms with Gasteiger partial charge in [-0.2, -0.15) is 4.31 Å². The summed E-state index contributed by atoms with van der Waals surface area (Å²) < 4.78 is 33.2. The van der Waals surface area contributed by atoms with Gasteiger partial charge in [-0.15, -0.1) is 0 Å². The standard InChI is InChI=1S/C18H26N2O4S/c1-13-6-8-16(9-7-13)25(22,23)20-12-24-15(3)14(2)17(20)18(21)19-10-4-5-11-19/h6-9,14-15,17H,4-5,10-12H2,1-3H3/t14-,15-,17-/m0/s1. The Labute approximate surface area is 149 Å². The molecule has 0 spiro atoms. The number of benzene rings is 1. The molecular formula is C18H26N2O4S. The first-order valence-electron chi connectivity index (χ1n) is 8.81. The van der Waals surface area contributed by atoms with E-state index in [2.05, 4.69) is 0 Å². The topological polar surface area (TPSA) is 66.9 Å². The zero-order valence-corrected chi connectivity index (χ0v) is 15.8. The van der Waals surface area contributed by atoms with Crippen LogP contribution in [0, 0.1) is 12.8 Å². The maximum atomic E-state index is 13.2. The molecule has 6 nitrogen and oxygen atoms in total. The second-order valence-corrected chi connectivity index (χ2v) is 8.93. The number of hydrogen-bond acceptors (Lipinski definition) is 4. The van der Waals surface area contributed by atoms with Crippen molar-refractivity contribution >= 4 is 15.9 Å². The first-order valence-corrected chi connectivity index (χ1v) is 10.3. The minimum absolute atomic E-state index is 0.0913. The smallest absolute Gasteiger partial charge is 0.245 e. The number of nitrogens with zero attached hydrogens (tertiary/aromatic N) is 2. The molecule has 1 amide bonds. The summed E-state index contributed by atoms with van der Waals surface area (Å²) in [5.41, 5.74) is 0.987. The van der Waals surface area contributed by atoms with Gasteiger partial charge in [-0.05, 0) is 38.8 Å². The fourth-order valence-corrected chi connectivity index (χ4v) is 5.01. The highest BCUT2D eigenvalue weighted by molar-refractivity contribution is 7.89. The van der Waals surface area contributed by atoms with Crippen molar-refractivity contribution in [1.29, 1.82) is 0 Å². The van der Waals surface area contributed by atoms with Crippen molar-refractivity contribution < 1.29 is 17.9 Å². The molecule has 0 N–H and O–H groups in total. The summed E-state index contributed by atoms with van der Waals surface area (Å²) in [7, 11) is -3.80. The van der Waals surface area contributed by atoms with E-state index in [1.165, 1.54) is 4.31 Å². The molecule has 0 aliphatic carbocycles. The van der Waals surface area contributed by atoms with Crippen LogP contribution in [-0.2, 0) is 19.6 Å². The van der Waals surface area contributed by atoms with Crippen LogP contribution in [0.5, 0.6) is 0 Å². The van der Waals surface area contributed by atoms with Gasteiger partial charge in [0.15, 0.2) is 0 Å². The minimum atomic E-state index is -3.80. The van der Waals surface area contributed by atoms with E-state index in [1.54, 1.807) is 29.2 Å². The number of sulfonamides is 1. The lowest BCUT2D eigenvalue weighted by molar-refractivity contribution is -0.149. The molecular weight excluding hydrogens is 340 g/mol. The van der Waals surface area contributed by atoms with E-state index in [0.717, 1.165) is 18.4 Å². The van der Waals surface area contributed by atoms with Gasteiger partial charge in [-0.25, -0.2) is 8.42 Å². The molecule has 1 aromatic carbocycles. The van der Waals surface area contributed by atoms with E-state index in [9.17, 15) is 13.2 Å². The van der Waals surface area contributed by atoms with Crippen molar-refractivity contribution in [3.8, 4) is 0 Å². The molecule has 2 saturated heterocycles. The minimum Gasteiger partial charge on any atom is -0.362 e. The van der Waals surface area contributed by atoms with Crippen LogP contribution in [0.4, 0.5) is 0 Å². The summed E-state index contributed by atoms with van der Waals surface area (Å²) >= 11 is 0. The number of ether oxygens (including phenoxy) is 1. The average Bonchev–Trinajstić information content (AvgIpc) is 3.11. The number of carbonyl (C=O) groups excluding carboxylic acids is 1. The molecule has 0 saturated carbocycles. The number of carbonyl (C=O) groups is 1. The molecule has 1 aromatic rings. The van der Waals surface area contributed by atoms with Crippen LogP contribution in [-0.4, -0.2) is 55.5 Å². The molecule has 7 heteroatoms. The van der Waals surface area contributed by atoms with Gasteiger partial charge >= 0.3 is 0 Å². The molecule has 2 aliphatic heterocycles. The van der Waals surface area contributed by atoms with E-state index >= 15 is 0 Å². The molecule has 138 valence electrons. The van der Waals surface area contributed by atoms with Crippen LogP contribution < -0.4 is 0 Å². The summed E-state index contributed by atoms with van der Waals surface area (Å²) in [6.45, 7) is 7.01. The third-order valence-corrected chi connectivity index (χ3v) is 7.13. The summed E-state index contributed by atoms with van der Waals surface area (Å²) in [5.74, 6) is -0.307. The van der Waals surface area contributed by atoms with Gasteiger partial charge in [0.25, 0.3) is 0 Å². The Morgan fingerprint density at radius 1 is 1.12 bits per heavy atom. The first-order chi connectivity index (χ1) is 11.8. The van der Waals surface area contributed by atoms with Gasteiger partial charge in [-0.3, -0.25) is 4.79 Å². The molecule has 2 fully saturated rings. The Morgan fingerprint density at radius 3 is 2.32 bits per heavy atom. The number of rotatable bonds is 3. The number of amides is 1. The van der Waals surface area contributed by atoms with Gasteiger partial charge in [-0.1, -0.05) is 24.6 Å². The van der Waals surface area contributed by atoms with Crippen molar-refractivity contribution in [3.63, 3.8) is 0 Å². The molecule has 3 rings (SSSR count). The zero-order chi connectivity index (χ0) is 18.2. The monoisotopic (exact) mass is 366 g/mol. The lowest BCUT2D eigenvalue weighted by atomic mass is 9.94. The molecule has 0 bridgehead atoms. The van der Waals surface area contributed by atoms with Crippen LogP contribution >= 0.6 is 0 Å². The molecule has 0 unspecified atom stereocenters. The number of aryl methyl sites for hydroxylation is 1. The van der Waals surface area contributed by atoms with Crippen LogP contribution in [0.1, 0.15) is 32.3 Å². The highest BCUT2D eigenvalue weighted by Crippen LogP contribution is 2.31. The van der Waals surface area contributed by atoms with E-state index in [0.29, 0.717) is 13.1 Å². The maximum Gasteiger partial charge on any atom is 0.245 e. The maximum absolute atomic E-state index is 13.2. The number of hydrogen-bond donors (Lipinski definition) is 0. The first kappa shape index (κ1) is 18.4. The molecule has 2 heterocycles. The highest BCUT2D eigenvalue weighted by Gasteiger charge is 2.46. The Bertz CT molecular complexity index is 726. The van der Waals surface area contributed by atoms with Crippen molar-refractivity contribution in [1.82, 2.24) is 9.21 Å².